The second kappa shape index (κ2) is 4.14. The van der Waals surface area contributed by atoms with Gasteiger partial charge in [-0.15, -0.1) is 0 Å². The van der Waals surface area contributed by atoms with Crippen molar-refractivity contribution >= 4 is 0 Å². The van der Waals surface area contributed by atoms with Crippen molar-refractivity contribution in [2.24, 2.45) is 5.84 Å². The van der Waals surface area contributed by atoms with E-state index in [1.54, 1.807) is 7.11 Å². The maximum absolute atomic E-state index is 5.91. The summed E-state index contributed by atoms with van der Waals surface area (Å²) in [5, 5.41) is 1.88. The molecule has 2 aliphatic heterocycles. The molecule has 2 unspecified atom stereocenters. The third-order valence-corrected chi connectivity index (χ3v) is 3.35. The number of ether oxygens (including phenoxy) is 2. The Kier molecular flexibility index (Phi) is 3.07. The summed E-state index contributed by atoms with van der Waals surface area (Å²) in [6.07, 6.45) is 4.63. The standard InChI is InChI=1S/C10H20N2O2/c1-13-9-3-6-14-10(7-9)4-2-5-12(11)8-10/h9H,2-8,11H2,1H3. The predicted molar refractivity (Wildman–Crippen MR) is 53.7 cm³/mol. The average molecular weight is 200 g/mol. The highest BCUT2D eigenvalue weighted by Crippen LogP contribution is 2.33. The maximum atomic E-state index is 5.91. The van der Waals surface area contributed by atoms with Crippen LogP contribution < -0.4 is 5.84 Å². The van der Waals surface area contributed by atoms with Crippen LogP contribution in [0.3, 0.4) is 0 Å². The van der Waals surface area contributed by atoms with Crippen LogP contribution >= 0.6 is 0 Å². The summed E-state index contributed by atoms with van der Waals surface area (Å²) in [6, 6.07) is 0. The minimum atomic E-state index is -0.0219. The van der Waals surface area contributed by atoms with Gasteiger partial charge in [-0.3, -0.25) is 5.84 Å². The van der Waals surface area contributed by atoms with E-state index in [2.05, 4.69) is 0 Å². The van der Waals surface area contributed by atoms with E-state index in [0.717, 1.165) is 45.4 Å². The Morgan fingerprint density at radius 3 is 3.14 bits per heavy atom. The number of nitrogens with two attached hydrogens (primary N) is 1. The molecule has 2 fully saturated rings. The monoisotopic (exact) mass is 200 g/mol. The zero-order chi connectivity index (χ0) is 10.0. The van der Waals surface area contributed by atoms with Gasteiger partial charge in [0.25, 0.3) is 0 Å². The molecule has 2 saturated heterocycles. The van der Waals surface area contributed by atoms with Crippen molar-refractivity contribution in [3.63, 3.8) is 0 Å². The summed E-state index contributed by atoms with van der Waals surface area (Å²) in [5.74, 6) is 5.84. The predicted octanol–water partition coefficient (Wildman–Crippen LogP) is 0.520. The molecule has 2 N–H and O–H groups in total. The first-order valence-corrected chi connectivity index (χ1v) is 5.40. The SMILES string of the molecule is COC1CCOC2(CCCN(N)C2)C1. The Balaban J connectivity index is 1.99. The molecule has 2 rings (SSSR count). The van der Waals surface area contributed by atoms with Crippen molar-refractivity contribution in [3.05, 3.63) is 0 Å². The van der Waals surface area contributed by atoms with E-state index in [1.807, 2.05) is 5.01 Å². The zero-order valence-corrected chi connectivity index (χ0v) is 8.87. The summed E-state index contributed by atoms with van der Waals surface area (Å²) in [7, 11) is 1.78. The molecule has 1 spiro atoms. The van der Waals surface area contributed by atoms with Crippen molar-refractivity contribution in [1.82, 2.24) is 5.01 Å². The first-order chi connectivity index (χ1) is 6.74. The quantitative estimate of drug-likeness (QED) is 0.627. The van der Waals surface area contributed by atoms with Gasteiger partial charge in [0.15, 0.2) is 0 Å². The van der Waals surface area contributed by atoms with Gasteiger partial charge < -0.3 is 9.47 Å². The van der Waals surface area contributed by atoms with E-state index < -0.39 is 0 Å². The van der Waals surface area contributed by atoms with Crippen molar-refractivity contribution in [2.75, 3.05) is 26.8 Å². The van der Waals surface area contributed by atoms with E-state index >= 15 is 0 Å². The molecule has 14 heavy (non-hydrogen) atoms. The van der Waals surface area contributed by atoms with Crippen LogP contribution in [-0.2, 0) is 9.47 Å². The van der Waals surface area contributed by atoms with E-state index in [9.17, 15) is 0 Å². The molecular formula is C10H20N2O2. The molecule has 2 aliphatic rings. The molecule has 2 heterocycles. The van der Waals surface area contributed by atoms with Crippen molar-refractivity contribution in [1.29, 1.82) is 0 Å². The Morgan fingerprint density at radius 1 is 1.57 bits per heavy atom. The number of hydrogen-bond acceptors (Lipinski definition) is 4. The van der Waals surface area contributed by atoms with E-state index in [0.29, 0.717) is 6.10 Å². The van der Waals surface area contributed by atoms with Gasteiger partial charge in [-0.2, -0.15) is 0 Å². The van der Waals surface area contributed by atoms with Gasteiger partial charge in [0.05, 0.1) is 11.7 Å². The molecule has 0 aliphatic carbocycles. The maximum Gasteiger partial charge on any atom is 0.0847 e. The topological polar surface area (TPSA) is 47.7 Å². The van der Waals surface area contributed by atoms with Crippen LogP contribution in [0.4, 0.5) is 0 Å². The van der Waals surface area contributed by atoms with Crippen molar-refractivity contribution in [3.8, 4) is 0 Å². The zero-order valence-electron chi connectivity index (χ0n) is 8.87. The summed E-state index contributed by atoms with van der Waals surface area (Å²) < 4.78 is 11.3. The average Bonchev–Trinajstić information content (AvgIpc) is 2.17. The Bertz CT molecular complexity index is 197. The molecule has 0 bridgehead atoms. The molecule has 0 saturated carbocycles. The molecule has 0 aromatic rings. The van der Waals surface area contributed by atoms with Crippen LogP contribution in [0.5, 0.6) is 0 Å². The molecule has 0 amide bonds. The van der Waals surface area contributed by atoms with Crippen molar-refractivity contribution < 1.29 is 9.47 Å². The molecule has 4 nitrogen and oxygen atoms in total. The van der Waals surface area contributed by atoms with Gasteiger partial charge in [0.1, 0.15) is 0 Å². The largest absolute Gasteiger partial charge is 0.381 e. The fraction of sp³-hybridized carbons (Fsp3) is 1.00. The van der Waals surface area contributed by atoms with E-state index in [4.69, 9.17) is 15.3 Å². The summed E-state index contributed by atoms with van der Waals surface area (Å²) >= 11 is 0. The highest BCUT2D eigenvalue weighted by molar-refractivity contribution is 4.92. The molecule has 82 valence electrons. The summed E-state index contributed by atoms with van der Waals surface area (Å²) in [5.41, 5.74) is -0.0219. The first kappa shape index (κ1) is 10.4. The van der Waals surface area contributed by atoms with Crippen LogP contribution in [0.2, 0.25) is 0 Å². The molecule has 4 heteroatoms. The molecule has 0 aromatic carbocycles. The summed E-state index contributed by atoms with van der Waals surface area (Å²) in [4.78, 5) is 0. The highest BCUT2D eigenvalue weighted by atomic mass is 16.5. The summed E-state index contributed by atoms with van der Waals surface area (Å²) in [6.45, 7) is 2.65. The van der Waals surface area contributed by atoms with Crippen LogP contribution in [0.15, 0.2) is 0 Å². The number of hydrazine groups is 1. The lowest BCUT2D eigenvalue weighted by molar-refractivity contribution is -0.153. The number of hydrogen-bond donors (Lipinski definition) is 1. The lowest BCUT2D eigenvalue weighted by Gasteiger charge is -2.45. The third-order valence-electron chi connectivity index (χ3n) is 3.35. The van der Waals surface area contributed by atoms with Crippen LogP contribution in [0.25, 0.3) is 0 Å². The fourth-order valence-electron chi connectivity index (χ4n) is 2.60. The Labute approximate surface area is 85.3 Å². The second-order valence-corrected chi connectivity index (χ2v) is 4.46. The minimum absolute atomic E-state index is 0.0219. The normalized spacial score (nSPS) is 40.3. The van der Waals surface area contributed by atoms with Gasteiger partial charge in [-0.1, -0.05) is 0 Å². The van der Waals surface area contributed by atoms with Gasteiger partial charge in [-0.25, -0.2) is 5.01 Å². The Morgan fingerprint density at radius 2 is 2.43 bits per heavy atom. The van der Waals surface area contributed by atoms with E-state index in [1.165, 1.54) is 0 Å². The lowest BCUT2D eigenvalue weighted by atomic mass is 9.85. The van der Waals surface area contributed by atoms with Gasteiger partial charge in [0, 0.05) is 33.2 Å². The molecule has 2 atom stereocenters. The smallest absolute Gasteiger partial charge is 0.0847 e. The fourth-order valence-corrected chi connectivity index (χ4v) is 2.60. The molecular weight excluding hydrogens is 180 g/mol. The molecule has 0 aromatic heterocycles. The molecule has 0 radical (unpaired) electrons. The number of rotatable bonds is 1. The minimum Gasteiger partial charge on any atom is -0.381 e. The number of nitrogens with zero attached hydrogens (tertiary/aromatic N) is 1. The van der Waals surface area contributed by atoms with E-state index in [-0.39, 0.29) is 5.60 Å². The van der Waals surface area contributed by atoms with Crippen LogP contribution in [-0.4, -0.2) is 43.5 Å². The van der Waals surface area contributed by atoms with Crippen LogP contribution in [0.1, 0.15) is 25.7 Å². The van der Waals surface area contributed by atoms with Gasteiger partial charge >= 0.3 is 0 Å². The van der Waals surface area contributed by atoms with Crippen LogP contribution in [0, 0.1) is 0 Å². The van der Waals surface area contributed by atoms with Crippen molar-refractivity contribution in [2.45, 2.75) is 37.4 Å². The first-order valence-electron chi connectivity index (χ1n) is 5.40. The number of piperidine rings is 1. The third kappa shape index (κ3) is 2.08. The number of methoxy groups -OCH3 is 1. The van der Waals surface area contributed by atoms with Gasteiger partial charge in [-0.05, 0) is 19.3 Å². The highest BCUT2D eigenvalue weighted by Gasteiger charge is 2.40. The lowest BCUT2D eigenvalue weighted by Crippen LogP contribution is -2.55. The Hall–Kier alpha value is -0.160. The van der Waals surface area contributed by atoms with Gasteiger partial charge in [0.2, 0.25) is 0 Å². The second-order valence-electron chi connectivity index (χ2n) is 4.46.